The van der Waals surface area contributed by atoms with Gasteiger partial charge in [0.15, 0.2) is 5.13 Å². The molecular formula is C25H30N8O2S. The number of H-pyrrole nitrogens is 1. The highest BCUT2D eigenvalue weighted by molar-refractivity contribution is 7.22. The van der Waals surface area contributed by atoms with E-state index in [-0.39, 0.29) is 12.1 Å². The number of hydrogen-bond donors (Lipinski definition) is 4. The fourth-order valence-corrected chi connectivity index (χ4v) is 5.69. The largest absolute Gasteiger partial charge is 0.393 e. The summed E-state index contributed by atoms with van der Waals surface area (Å²) in [5.41, 5.74) is 4.05. The third-order valence-corrected chi connectivity index (χ3v) is 7.69. The maximum atomic E-state index is 9.86. The van der Waals surface area contributed by atoms with Crippen LogP contribution < -0.4 is 10.6 Å². The molecule has 4 N–H and O–H groups in total. The lowest BCUT2D eigenvalue weighted by molar-refractivity contribution is 0.0336. The van der Waals surface area contributed by atoms with Crippen LogP contribution in [0.15, 0.2) is 36.7 Å². The third-order valence-electron chi connectivity index (χ3n) is 6.75. The third kappa shape index (κ3) is 5.49. The van der Waals surface area contributed by atoms with E-state index in [1.165, 1.54) is 0 Å². The number of aromatic nitrogens is 5. The molecule has 0 spiro atoms. The van der Waals surface area contributed by atoms with E-state index in [9.17, 15) is 5.11 Å². The summed E-state index contributed by atoms with van der Waals surface area (Å²) in [6.07, 6.45) is 6.96. The Morgan fingerprint density at radius 1 is 1.06 bits per heavy atom. The number of rotatable bonds is 7. The summed E-state index contributed by atoms with van der Waals surface area (Å²) in [4.78, 5) is 16.7. The first-order valence-electron chi connectivity index (χ1n) is 12.5. The van der Waals surface area contributed by atoms with E-state index in [4.69, 9.17) is 19.7 Å². The van der Waals surface area contributed by atoms with E-state index in [0.717, 1.165) is 96.5 Å². The molecule has 1 aliphatic heterocycles. The number of hydrogen-bond acceptors (Lipinski definition) is 10. The average Bonchev–Trinajstić information content (AvgIpc) is 3.55. The lowest BCUT2D eigenvalue weighted by atomic mass is 9.93. The molecule has 0 atom stereocenters. The van der Waals surface area contributed by atoms with Gasteiger partial charge in [0, 0.05) is 43.5 Å². The summed E-state index contributed by atoms with van der Waals surface area (Å²) in [5.74, 6) is 1.34. The highest BCUT2D eigenvalue weighted by atomic mass is 32.1. The van der Waals surface area contributed by atoms with E-state index in [1.54, 1.807) is 11.3 Å². The van der Waals surface area contributed by atoms with Gasteiger partial charge in [-0.25, -0.2) is 9.97 Å². The van der Waals surface area contributed by atoms with Gasteiger partial charge in [-0.2, -0.15) is 10.1 Å². The van der Waals surface area contributed by atoms with Crippen molar-refractivity contribution < 1.29 is 9.84 Å². The standard InChI is InChI=1S/C25H30N8O2S/c34-20-4-2-18(3-5-20)28-24-29-19(15-33-7-9-35-10-8-33)12-23(31-24)32-25-30-21-6-1-16(11-22(21)36-25)17-13-26-27-14-17/h1,6,11-14,18,20,34H,2-5,7-10,15H2,(H,26,27)(H2,28,29,30,31,32)/t18-,20-. The van der Waals surface area contributed by atoms with Crippen molar-refractivity contribution in [2.75, 3.05) is 36.9 Å². The molecule has 4 aromatic rings. The smallest absolute Gasteiger partial charge is 0.225 e. The molecule has 0 unspecified atom stereocenters. The number of aromatic amines is 1. The molecule has 188 valence electrons. The second-order valence-corrected chi connectivity index (χ2v) is 10.5. The average molecular weight is 507 g/mol. The Hall–Kier alpha value is -3.12. The van der Waals surface area contributed by atoms with E-state index in [2.05, 4.69) is 37.9 Å². The Bertz CT molecular complexity index is 1300. The molecule has 4 heterocycles. The highest BCUT2D eigenvalue weighted by Gasteiger charge is 2.21. The molecule has 6 rings (SSSR count). The minimum Gasteiger partial charge on any atom is -0.393 e. The molecule has 1 saturated carbocycles. The summed E-state index contributed by atoms with van der Waals surface area (Å²) in [7, 11) is 0. The van der Waals surface area contributed by atoms with Gasteiger partial charge in [-0.15, -0.1) is 0 Å². The molecule has 1 aliphatic carbocycles. The van der Waals surface area contributed by atoms with Crippen molar-refractivity contribution >= 4 is 38.5 Å². The summed E-state index contributed by atoms with van der Waals surface area (Å²) in [6.45, 7) is 4.03. The minimum atomic E-state index is -0.193. The fraction of sp³-hybridized carbons (Fsp3) is 0.440. The molecule has 3 aromatic heterocycles. The van der Waals surface area contributed by atoms with Gasteiger partial charge in [-0.05, 0) is 43.4 Å². The van der Waals surface area contributed by atoms with Crippen LogP contribution in [0.5, 0.6) is 0 Å². The molecule has 1 saturated heterocycles. The van der Waals surface area contributed by atoms with Crippen molar-refractivity contribution in [2.24, 2.45) is 0 Å². The first kappa shape index (κ1) is 23.3. The zero-order valence-corrected chi connectivity index (χ0v) is 20.8. The minimum absolute atomic E-state index is 0.193. The van der Waals surface area contributed by atoms with Gasteiger partial charge in [-0.1, -0.05) is 17.4 Å². The fourth-order valence-electron chi connectivity index (χ4n) is 4.77. The van der Waals surface area contributed by atoms with Crippen LogP contribution in [0.25, 0.3) is 21.3 Å². The number of anilines is 3. The summed E-state index contributed by atoms with van der Waals surface area (Å²) in [5, 5.41) is 24.5. The van der Waals surface area contributed by atoms with E-state index < -0.39 is 0 Å². The molecule has 11 heteroatoms. The number of ether oxygens (including phenoxy) is 1. The maximum Gasteiger partial charge on any atom is 0.225 e. The van der Waals surface area contributed by atoms with Gasteiger partial charge >= 0.3 is 0 Å². The van der Waals surface area contributed by atoms with Crippen LogP contribution in [-0.4, -0.2) is 73.6 Å². The van der Waals surface area contributed by atoms with Crippen molar-refractivity contribution in [1.82, 2.24) is 30.0 Å². The van der Waals surface area contributed by atoms with Crippen LogP contribution in [0.1, 0.15) is 31.4 Å². The molecule has 0 bridgehead atoms. The predicted molar refractivity (Wildman–Crippen MR) is 140 cm³/mol. The van der Waals surface area contributed by atoms with Crippen LogP contribution in [0.4, 0.5) is 16.9 Å². The van der Waals surface area contributed by atoms with Crippen molar-refractivity contribution in [3.63, 3.8) is 0 Å². The second-order valence-electron chi connectivity index (χ2n) is 9.42. The zero-order chi connectivity index (χ0) is 24.3. The Morgan fingerprint density at radius 3 is 2.72 bits per heavy atom. The SMILES string of the molecule is O[C@H]1CC[C@H](Nc2nc(CN3CCOCC3)cc(Nc3nc4ccc(-c5cn[nH]c5)cc4s3)n2)CC1. The zero-order valence-electron chi connectivity index (χ0n) is 20.0. The lowest BCUT2D eigenvalue weighted by Gasteiger charge is -2.27. The molecule has 10 nitrogen and oxygen atoms in total. The number of aliphatic hydroxyl groups excluding tert-OH is 1. The molecule has 36 heavy (non-hydrogen) atoms. The molecule has 0 radical (unpaired) electrons. The maximum absolute atomic E-state index is 9.86. The van der Waals surface area contributed by atoms with Gasteiger partial charge in [0.05, 0.1) is 41.4 Å². The monoisotopic (exact) mass is 506 g/mol. The van der Waals surface area contributed by atoms with Gasteiger partial charge in [0.2, 0.25) is 5.95 Å². The Balaban J connectivity index is 1.24. The van der Waals surface area contributed by atoms with E-state index in [0.29, 0.717) is 5.95 Å². The molecule has 2 fully saturated rings. The Morgan fingerprint density at radius 2 is 1.92 bits per heavy atom. The van der Waals surface area contributed by atoms with Crippen LogP contribution in [0.2, 0.25) is 0 Å². The number of nitrogens with one attached hydrogen (secondary N) is 3. The first-order chi connectivity index (χ1) is 17.7. The lowest BCUT2D eigenvalue weighted by Crippen LogP contribution is -2.36. The predicted octanol–water partition coefficient (Wildman–Crippen LogP) is 3.77. The van der Waals surface area contributed by atoms with Crippen molar-refractivity contribution in [3.05, 3.63) is 42.4 Å². The van der Waals surface area contributed by atoms with Gasteiger partial charge in [0.25, 0.3) is 0 Å². The van der Waals surface area contributed by atoms with Gasteiger partial charge < -0.3 is 20.5 Å². The van der Waals surface area contributed by atoms with Crippen LogP contribution >= 0.6 is 11.3 Å². The number of fused-ring (bicyclic) bond motifs is 1. The summed E-state index contributed by atoms with van der Waals surface area (Å²) >= 11 is 1.60. The van der Waals surface area contributed by atoms with Crippen LogP contribution in [0, 0.1) is 0 Å². The summed E-state index contributed by atoms with van der Waals surface area (Å²) < 4.78 is 6.60. The van der Waals surface area contributed by atoms with Gasteiger partial charge in [0.1, 0.15) is 5.82 Å². The molecule has 0 amide bonds. The topological polar surface area (TPSA) is 124 Å². The number of thiazole rings is 1. The van der Waals surface area contributed by atoms with Crippen molar-refractivity contribution in [3.8, 4) is 11.1 Å². The second kappa shape index (κ2) is 10.5. The number of benzene rings is 1. The van der Waals surface area contributed by atoms with E-state index in [1.807, 2.05) is 24.5 Å². The van der Waals surface area contributed by atoms with Gasteiger partial charge in [-0.3, -0.25) is 10.00 Å². The normalized spacial score (nSPS) is 21.0. The molecule has 1 aromatic carbocycles. The molecular weight excluding hydrogens is 476 g/mol. The number of aliphatic hydroxyl groups is 1. The first-order valence-corrected chi connectivity index (χ1v) is 13.3. The number of morpholine rings is 1. The molecule has 2 aliphatic rings. The quantitative estimate of drug-likeness (QED) is 0.296. The van der Waals surface area contributed by atoms with Crippen molar-refractivity contribution in [1.29, 1.82) is 0 Å². The number of nitrogens with zero attached hydrogens (tertiary/aromatic N) is 5. The summed E-state index contributed by atoms with van der Waals surface area (Å²) in [6, 6.07) is 8.51. The Kier molecular flexibility index (Phi) is 6.77. The van der Waals surface area contributed by atoms with Crippen LogP contribution in [-0.2, 0) is 11.3 Å². The van der Waals surface area contributed by atoms with Crippen LogP contribution in [0.3, 0.4) is 0 Å². The van der Waals surface area contributed by atoms with E-state index >= 15 is 0 Å². The Labute approximate surface area is 213 Å². The van der Waals surface area contributed by atoms with Crippen molar-refractivity contribution in [2.45, 2.75) is 44.4 Å². The highest BCUT2D eigenvalue weighted by Crippen LogP contribution is 2.32.